The quantitative estimate of drug-likeness (QED) is 0.726. The molecular formula is C19H17N3O3S. The zero-order valence-corrected chi connectivity index (χ0v) is 14.9. The molecule has 2 aromatic carbocycles. The van der Waals surface area contributed by atoms with E-state index in [1.165, 1.54) is 0 Å². The number of benzene rings is 2. The monoisotopic (exact) mass is 367 g/mol. The number of amides is 2. The average molecular weight is 367 g/mol. The lowest BCUT2D eigenvalue weighted by molar-refractivity contribution is 0.174. The molecule has 0 saturated heterocycles. The zero-order valence-electron chi connectivity index (χ0n) is 14.1. The molecule has 2 amide bonds. The minimum atomic E-state index is -0.268. The number of nitrogens with zero attached hydrogens (tertiary/aromatic N) is 1. The molecule has 4 rings (SSSR count). The third-order valence-corrected chi connectivity index (χ3v) is 4.89. The van der Waals surface area contributed by atoms with Crippen LogP contribution in [0.1, 0.15) is 11.3 Å². The molecule has 0 bridgehead atoms. The fraction of sp³-hybridized carbons (Fsp3) is 0.158. The van der Waals surface area contributed by atoms with Gasteiger partial charge in [-0.15, -0.1) is 11.3 Å². The Morgan fingerprint density at radius 1 is 1.19 bits per heavy atom. The zero-order chi connectivity index (χ0) is 17.9. The van der Waals surface area contributed by atoms with Crippen LogP contribution in [0.25, 0.3) is 10.6 Å². The molecule has 0 aliphatic carbocycles. The largest absolute Gasteiger partial charge is 0.454 e. The van der Waals surface area contributed by atoms with Crippen LogP contribution < -0.4 is 20.1 Å². The van der Waals surface area contributed by atoms with Crippen molar-refractivity contribution >= 4 is 23.1 Å². The van der Waals surface area contributed by atoms with E-state index >= 15 is 0 Å². The first-order valence-electron chi connectivity index (χ1n) is 8.13. The predicted octanol–water partition coefficient (Wildman–Crippen LogP) is 4.17. The number of fused-ring (bicyclic) bond motifs is 1. The Balaban J connectivity index is 1.37. The van der Waals surface area contributed by atoms with Crippen LogP contribution in [0.5, 0.6) is 11.5 Å². The van der Waals surface area contributed by atoms with E-state index in [0.29, 0.717) is 12.3 Å². The Morgan fingerprint density at radius 2 is 2.08 bits per heavy atom. The molecule has 26 heavy (non-hydrogen) atoms. The molecular weight excluding hydrogens is 350 g/mol. The SMILES string of the molecule is Cc1csc(-c2cccc(NC(=O)NCc3ccc4c(c3)OCO4)c2)n1. The number of nitrogens with one attached hydrogen (secondary N) is 2. The number of aryl methyl sites for hydroxylation is 1. The fourth-order valence-corrected chi connectivity index (χ4v) is 3.42. The molecule has 1 aliphatic rings. The molecule has 3 aromatic rings. The van der Waals surface area contributed by atoms with E-state index < -0.39 is 0 Å². The van der Waals surface area contributed by atoms with Crippen molar-refractivity contribution in [2.45, 2.75) is 13.5 Å². The van der Waals surface area contributed by atoms with Gasteiger partial charge in [0.1, 0.15) is 5.01 Å². The summed E-state index contributed by atoms with van der Waals surface area (Å²) in [6, 6.07) is 13.0. The van der Waals surface area contributed by atoms with Crippen molar-refractivity contribution < 1.29 is 14.3 Å². The van der Waals surface area contributed by atoms with Gasteiger partial charge < -0.3 is 20.1 Å². The smallest absolute Gasteiger partial charge is 0.319 e. The first-order chi connectivity index (χ1) is 12.7. The van der Waals surface area contributed by atoms with Gasteiger partial charge in [-0.3, -0.25) is 0 Å². The summed E-state index contributed by atoms with van der Waals surface area (Å²) in [5.74, 6) is 1.43. The standard InChI is InChI=1S/C19H17N3O3S/c1-12-10-26-18(21-12)14-3-2-4-15(8-14)22-19(23)20-9-13-5-6-16-17(7-13)25-11-24-16/h2-8,10H,9,11H2,1H3,(H2,20,22,23). The normalized spacial score (nSPS) is 12.0. The van der Waals surface area contributed by atoms with Gasteiger partial charge >= 0.3 is 6.03 Å². The lowest BCUT2D eigenvalue weighted by atomic mass is 10.2. The van der Waals surface area contributed by atoms with Gasteiger partial charge in [0.2, 0.25) is 6.79 Å². The second kappa shape index (κ2) is 7.05. The third-order valence-electron chi connectivity index (χ3n) is 3.88. The molecule has 0 fully saturated rings. The summed E-state index contributed by atoms with van der Waals surface area (Å²) < 4.78 is 10.6. The molecule has 0 atom stereocenters. The highest BCUT2D eigenvalue weighted by Gasteiger charge is 2.13. The second-order valence-corrected chi connectivity index (χ2v) is 6.73. The summed E-state index contributed by atoms with van der Waals surface area (Å²) in [6.45, 7) is 2.60. The Morgan fingerprint density at radius 3 is 2.92 bits per heavy atom. The van der Waals surface area contributed by atoms with E-state index in [0.717, 1.165) is 33.3 Å². The van der Waals surface area contributed by atoms with E-state index in [2.05, 4.69) is 15.6 Å². The van der Waals surface area contributed by atoms with Crippen LogP contribution in [0, 0.1) is 6.92 Å². The van der Waals surface area contributed by atoms with Crippen LogP contribution in [-0.2, 0) is 6.54 Å². The summed E-state index contributed by atoms with van der Waals surface area (Å²) in [6.07, 6.45) is 0. The Hall–Kier alpha value is -3.06. The molecule has 7 heteroatoms. The number of hydrogen-bond donors (Lipinski definition) is 2. The molecule has 0 radical (unpaired) electrons. The summed E-state index contributed by atoms with van der Waals surface area (Å²) >= 11 is 1.59. The Bertz CT molecular complexity index is 955. The first-order valence-corrected chi connectivity index (χ1v) is 9.01. The van der Waals surface area contributed by atoms with Gasteiger partial charge in [0.15, 0.2) is 11.5 Å². The van der Waals surface area contributed by atoms with E-state index in [1.807, 2.05) is 54.8 Å². The maximum atomic E-state index is 12.2. The molecule has 1 aromatic heterocycles. The van der Waals surface area contributed by atoms with Crippen molar-refractivity contribution in [1.29, 1.82) is 0 Å². The number of urea groups is 1. The van der Waals surface area contributed by atoms with Crippen molar-refractivity contribution in [3.8, 4) is 22.1 Å². The van der Waals surface area contributed by atoms with Gasteiger partial charge in [0.05, 0.1) is 0 Å². The second-order valence-electron chi connectivity index (χ2n) is 5.87. The van der Waals surface area contributed by atoms with E-state index in [4.69, 9.17) is 9.47 Å². The van der Waals surface area contributed by atoms with Crippen LogP contribution in [0.3, 0.4) is 0 Å². The lowest BCUT2D eigenvalue weighted by Gasteiger charge is -2.09. The van der Waals surface area contributed by atoms with Gasteiger partial charge in [-0.2, -0.15) is 0 Å². The van der Waals surface area contributed by atoms with Crippen LogP contribution >= 0.6 is 11.3 Å². The summed E-state index contributed by atoms with van der Waals surface area (Å²) in [7, 11) is 0. The third kappa shape index (κ3) is 3.62. The van der Waals surface area contributed by atoms with Crippen molar-refractivity contribution in [3.63, 3.8) is 0 Å². The Kier molecular flexibility index (Phi) is 4.45. The summed E-state index contributed by atoms with van der Waals surface area (Å²) in [5, 5.41) is 8.64. The maximum Gasteiger partial charge on any atom is 0.319 e. The van der Waals surface area contributed by atoms with Crippen molar-refractivity contribution in [2.75, 3.05) is 12.1 Å². The summed E-state index contributed by atoms with van der Waals surface area (Å²) in [4.78, 5) is 16.7. The molecule has 0 saturated carbocycles. The van der Waals surface area contributed by atoms with Crippen LogP contribution in [0.2, 0.25) is 0 Å². The minimum Gasteiger partial charge on any atom is -0.454 e. The number of aromatic nitrogens is 1. The average Bonchev–Trinajstić information content (AvgIpc) is 3.28. The van der Waals surface area contributed by atoms with Gasteiger partial charge in [-0.25, -0.2) is 9.78 Å². The molecule has 2 N–H and O–H groups in total. The topological polar surface area (TPSA) is 72.5 Å². The molecule has 0 unspecified atom stereocenters. The highest BCUT2D eigenvalue weighted by Crippen LogP contribution is 2.32. The summed E-state index contributed by atoms with van der Waals surface area (Å²) in [5.41, 5.74) is 3.64. The number of hydrogen-bond acceptors (Lipinski definition) is 5. The van der Waals surface area contributed by atoms with Gasteiger partial charge in [0.25, 0.3) is 0 Å². The van der Waals surface area contributed by atoms with Crippen LogP contribution in [0.15, 0.2) is 47.8 Å². The number of ether oxygens (including phenoxy) is 2. The lowest BCUT2D eigenvalue weighted by Crippen LogP contribution is -2.28. The van der Waals surface area contributed by atoms with Crippen LogP contribution in [0.4, 0.5) is 10.5 Å². The van der Waals surface area contributed by atoms with E-state index in [-0.39, 0.29) is 12.8 Å². The molecule has 0 spiro atoms. The highest BCUT2D eigenvalue weighted by molar-refractivity contribution is 7.13. The number of rotatable bonds is 4. The minimum absolute atomic E-state index is 0.238. The number of anilines is 1. The van der Waals surface area contributed by atoms with E-state index in [9.17, 15) is 4.79 Å². The first kappa shape index (κ1) is 16.4. The fourth-order valence-electron chi connectivity index (χ4n) is 2.63. The van der Waals surface area contributed by atoms with Crippen molar-refractivity contribution in [1.82, 2.24) is 10.3 Å². The van der Waals surface area contributed by atoms with Crippen molar-refractivity contribution in [3.05, 3.63) is 59.1 Å². The molecule has 1 aliphatic heterocycles. The van der Waals surface area contributed by atoms with E-state index in [1.54, 1.807) is 11.3 Å². The number of thiazole rings is 1. The van der Waals surface area contributed by atoms with Crippen molar-refractivity contribution in [2.24, 2.45) is 0 Å². The van der Waals surface area contributed by atoms with Gasteiger partial charge in [-0.05, 0) is 36.8 Å². The predicted molar refractivity (Wildman–Crippen MR) is 101 cm³/mol. The Labute approximate surface area is 154 Å². The number of carbonyl (C=O) groups excluding carboxylic acids is 1. The van der Waals surface area contributed by atoms with Crippen LogP contribution in [-0.4, -0.2) is 17.8 Å². The van der Waals surface area contributed by atoms with Gasteiger partial charge in [-0.1, -0.05) is 18.2 Å². The number of carbonyl (C=O) groups is 1. The van der Waals surface area contributed by atoms with Gasteiger partial charge in [0, 0.05) is 28.9 Å². The maximum absolute atomic E-state index is 12.2. The molecule has 132 valence electrons. The highest BCUT2D eigenvalue weighted by atomic mass is 32.1. The molecule has 2 heterocycles. The molecule has 6 nitrogen and oxygen atoms in total.